The van der Waals surface area contributed by atoms with E-state index in [1.54, 1.807) is 24.3 Å². The smallest absolute Gasteiger partial charge is 0.340 e. The molecule has 0 aliphatic heterocycles. The Morgan fingerprint density at radius 3 is 2.54 bits per heavy atom. The summed E-state index contributed by atoms with van der Waals surface area (Å²) >= 11 is 1.37. The predicted molar refractivity (Wildman–Crippen MR) is 102 cm³/mol. The van der Waals surface area contributed by atoms with Crippen molar-refractivity contribution in [2.24, 2.45) is 0 Å². The zero-order chi connectivity index (χ0) is 18.5. The summed E-state index contributed by atoms with van der Waals surface area (Å²) in [6.45, 7) is 1.53. The van der Waals surface area contributed by atoms with Crippen LogP contribution in [-0.4, -0.2) is 23.5 Å². The van der Waals surface area contributed by atoms with Gasteiger partial charge in [-0.1, -0.05) is 42.5 Å². The number of para-hydroxylation sites is 1. The van der Waals surface area contributed by atoms with Crippen LogP contribution in [-0.2, 0) is 9.53 Å². The molecule has 7 heteroatoms. The number of aryl methyl sites for hydroxylation is 1. The highest BCUT2D eigenvalue weighted by Gasteiger charge is 2.15. The number of thiazole rings is 1. The molecule has 0 saturated carbocycles. The second-order valence-electron chi connectivity index (χ2n) is 5.50. The van der Waals surface area contributed by atoms with Crippen molar-refractivity contribution in [3.05, 3.63) is 65.0 Å². The number of ether oxygens (including phenoxy) is 1. The lowest BCUT2D eigenvalue weighted by atomic mass is 10.1. The minimum atomic E-state index is -0.640. The van der Waals surface area contributed by atoms with E-state index in [2.05, 4.69) is 10.3 Å². The van der Waals surface area contributed by atoms with E-state index in [1.807, 2.05) is 37.3 Å². The number of carbonyl (C=O) groups excluding carboxylic acids is 2. The lowest BCUT2D eigenvalue weighted by Gasteiger charge is -2.06. The van der Waals surface area contributed by atoms with Crippen LogP contribution in [0, 0.1) is 6.92 Å². The summed E-state index contributed by atoms with van der Waals surface area (Å²) in [6.07, 6.45) is 0. The van der Waals surface area contributed by atoms with Crippen LogP contribution in [0.15, 0.2) is 54.6 Å². The number of aromatic nitrogens is 1. The van der Waals surface area contributed by atoms with Crippen LogP contribution in [0.25, 0.3) is 11.3 Å². The molecule has 0 unspecified atom stereocenters. The minimum absolute atomic E-state index is 0.233. The van der Waals surface area contributed by atoms with Crippen molar-refractivity contribution >= 4 is 34.0 Å². The van der Waals surface area contributed by atoms with Gasteiger partial charge < -0.3 is 10.5 Å². The highest BCUT2D eigenvalue weighted by Crippen LogP contribution is 2.30. The number of nitrogens with zero attached hydrogens (tertiary/aromatic N) is 1. The summed E-state index contributed by atoms with van der Waals surface area (Å²) in [5.74, 6) is -1.10. The van der Waals surface area contributed by atoms with Gasteiger partial charge in [-0.05, 0) is 19.1 Å². The molecule has 0 aliphatic rings. The normalized spacial score (nSPS) is 10.3. The Kier molecular flexibility index (Phi) is 5.28. The van der Waals surface area contributed by atoms with E-state index < -0.39 is 18.5 Å². The minimum Gasteiger partial charge on any atom is -0.452 e. The number of hydrogen-bond donors (Lipinski definition) is 2. The van der Waals surface area contributed by atoms with Crippen LogP contribution in [0.1, 0.15) is 15.2 Å². The largest absolute Gasteiger partial charge is 0.452 e. The van der Waals surface area contributed by atoms with Crippen LogP contribution in [0.4, 0.5) is 10.8 Å². The lowest BCUT2D eigenvalue weighted by molar-refractivity contribution is -0.119. The summed E-state index contributed by atoms with van der Waals surface area (Å²) in [4.78, 5) is 29.4. The molecule has 1 amide bonds. The van der Waals surface area contributed by atoms with E-state index >= 15 is 0 Å². The molecule has 3 aromatic rings. The molecule has 0 radical (unpaired) electrons. The summed E-state index contributed by atoms with van der Waals surface area (Å²) < 4.78 is 5.01. The SMILES string of the molecule is Cc1sc(NC(=O)COC(=O)c2ccccc2N)nc1-c1ccccc1. The third-order valence-electron chi connectivity index (χ3n) is 3.61. The molecule has 6 nitrogen and oxygen atoms in total. The zero-order valence-electron chi connectivity index (χ0n) is 14.1. The number of amides is 1. The number of nitrogen functional groups attached to an aromatic ring is 1. The van der Waals surface area contributed by atoms with Crippen molar-refractivity contribution in [2.45, 2.75) is 6.92 Å². The Labute approximate surface area is 154 Å². The second kappa shape index (κ2) is 7.79. The molecule has 0 bridgehead atoms. The van der Waals surface area contributed by atoms with Crippen molar-refractivity contribution in [3.8, 4) is 11.3 Å². The maximum absolute atomic E-state index is 12.0. The van der Waals surface area contributed by atoms with Crippen molar-refractivity contribution in [2.75, 3.05) is 17.7 Å². The van der Waals surface area contributed by atoms with Gasteiger partial charge in [0.2, 0.25) is 0 Å². The highest BCUT2D eigenvalue weighted by atomic mass is 32.1. The number of nitrogens with one attached hydrogen (secondary N) is 1. The average Bonchev–Trinajstić information content (AvgIpc) is 3.01. The van der Waals surface area contributed by atoms with Crippen LogP contribution in [0.3, 0.4) is 0 Å². The van der Waals surface area contributed by atoms with Gasteiger partial charge in [0.05, 0.1) is 11.3 Å². The molecule has 1 aromatic heterocycles. The molecular weight excluding hydrogens is 350 g/mol. The number of hydrogen-bond acceptors (Lipinski definition) is 6. The lowest BCUT2D eigenvalue weighted by Crippen LogP contribution is -2.21. The van der Waals surface area contributed by atoms with Gasteiger partial charge in [-0.15, -0.1) is 11.3 Å². The van der Waals surface area contributed by atoms with Gasteiger partial charge in [0.1, 0.15) is 0 Å². The maximum Gasteiger partial charge on any atom is 0.340 e. The first-order chi connectivity index (χ1) is 12.5. The van der Waals surface area contributed by atoms with Crippen LogP contribution in [0.5, 0.6) is 0 Å². The number of esters is 1. The first-order valence-corrected chi connectivity index (χ1v) is 8.70. The van der Waals surface area contributed by atoms with E-state index in [-0.39, 0.29) is 5.56 Å². The Morgan fingerprint density at radius 1 is 1.12 bits per heavy atom. The fourth-order valence-electron chi connectivity index (χ4n) is 2.36. The number of benzene rings is 2. The fourth-order valence-corrected chi connectivity index (χ4v) is 3.21. The third kappa shape index (κ3) is 4.07. The molecule has 3 N–H and O–H groups in total. The zero-order valence-corrected chi connectivity index (χ0v) is 14.9. The first kappa shape index (κ1) is 17.6. The molecule has 0 spiro atoms. The van der Waals surface area contributed by atoms with Crippen molar-refractivity contribution < 1.29 is 14.3 Å². The topological polar surface area (TPSA) is 94.3 Å². The van der Waals surface area contributed by atoms with Crippen LogP contribution >= 0.6 is 11.3 Å². The predicted octanol–water partition coefficient (Wildman–Crippen LogP) is 3.50. The standard InChI is InChI=1S/C19H17N3O3S/c1-12-17(13-7-3-2-4-8-13)22-19(26-12)21-16(23)11-25-18(24)14-9-5-6-10-15(14)20/h2-10H,11,20H2,1H3,(H,21,22,23). The van der Waals surface area contributed by atoms with Crippen molar-refractivity contribution in [1.29, 1.82) is 0 Å². The van der Waals surface area contributed by atoms with Gasteiger partial charge in [-0.2, -0.15) is 0 Å². The quantitative estimate of drug-likeness (QED) is 0.532. The van der Waals surface area contributed by atoms with Gasteiger partial charge >= 0.3 is 5.97 Å². The monoisotopic (exact) mass is 367 g/mol. The summed E-state index contributed by atoms with van der Waals surface area (Å²) in [5.41, 5.74) is 8.05. The molecule has 132 valence electrons. The van der Waals surface area contributed by atoms with Gasteiger partial charge in [-0.25, -0.2) is 9.78 Å². The maximum atomic E-state index is 12.0. The molecule has 0 fully saturated rings. The Hall–Kier alpha value is -3.19. The van der Waals surface area contributed by atoms with Crippen molar-refractivity contribution in [3.63, 3.8) is 0 Å². The molecule has 2 aromatic carbocycles. The van der Waals surface area contributed by atoms with Gasteiger partial charge in [0.15, 0.2) is 11.7 Å². The second-order valence-corrected chi connectivity index (χ2v) is 6.70. The molecular formula is C19H17N3O3S. The summed E-state index contributed by atoms with van der Waals surface area (Å²) in [7, 11) is 0. The number of carbonyl (C=O) groups is 2. The highest BCUT2D eigenvalue weighted by molar-refractivity contribution is 7.16. The fraction of sp³-hybridized carbons (Fsp3) is 0.105. The Morgan fingerprint density at radius 2 is 1.81 bits per heavy atom. The van der Waals surface area contributed by atoms with Crippen molar-refractivity contribution in [1.82, 2.24) is 4.98 Å². The number of anilines is 2. The average molecular weight is 367 g/mol. The first-order valence-electron chi connectivity index (χ1n) is 7.89. The molecule has 1 heterocycles. The Bertz CT molecular complexity index is 938. The number of rotatable bonds is 5. The van der Waals surface area contributed by atoms with Gasteiger partial charge in [0.25, 0.3) is 5.91 Å². The molecule has 26 heavy (non-hydrogen) atoms. The third-order valence-corrected chi connectivity index (χ3v) is 4.49. The molecule has 0 saturated heterocycles. The summed E-state index contributed by atoms with van der Waals surface area (Å²) in [5, 5.41) is 3.11. The molecule has 0 aliphatic carbocycles. The molecule has 0 atom stereocenters. The Balaban J connectivity index is 1.61. The number of nitrogens with two attached hydrogens (primary N) is 1. The van der Waals surface area contributed by atoms with Gasteiger partial charge in [0, 0.05) is 16.1 Å². The van der Waals surface area contributed by atoms with Crippen LogP contribution in [0.2, 0.25) is 0 Å². The molecule has 3 rings (SSSR count). The summed E-state index contributed by atoms with van der Waals surface area (Å²) in [6, 6.07) is 16.2. The van der Waals surface area contributed by atoms with E-state index in [4.69, 9.17) is 10.5 Å². The van der Waals surface area contributed by atoms with E-state index in [0.717, 1.165) is 16.1 Å². The van der Waals surface area contributed by atoms with E-state index in [0.29, 0.717) is 10.8 Å². The van der Waals surface area contributed by atoms with Gasteiger partial charge in [-0.3, -0.25) is 10.1 Å². The van der Waals surface area contributed by atoms with Crippen LogP contribution < -0.4 is 11.1 Å². The van der Waals surface area contributed by atoms with E-state index in [1.165, 1.54) is 11.3 Å². The van der Waals surface area contributed by atoms with E-state index in [9.17, 15) is 9.59 Å².